The van der Waals surface area contributed by atoms with E-state index in [2.05, 4.69) is 112 Å². The molecule has 1 saturated carbocycles. The third kappa shape index (κ3) is 3.49. The van der Waals surface area contributed by atoms with Crippen LogP contribution in [0.3, 0.4) is 0 Å². The Morgan fingerprint density at radius 3 is 2.49 bits per heavy atom. The van der Waals surface area contributed by atoms with Gasteiger partial charge in [0.05, 0.1) is 11.8 Å². The number of benzene rings is 4. The predicted molar refractivity (Wildman–Crippen MR) is 145 cm³/mol. The fourth-order valence-corrected chi connectivity index (χ4v) is 6.73. The summed E-state index contributed by atoms with van der Waals surface area (Å²) in [6.07, 6.45) is 5.07. The molecule has 174 valence electrons. The summed E-state index contributed by atoms with van der Waals surface area (Å²) in [5.74, 6) is 1.60. The molecule has 35 heavy (non-hydrogen) atoms. The Morgan fingerprint density at radius 1 is 0.857 bits per heavy atom. The van der Waals surface area contributed by atoms with Crippen LogP contribution in [0.25, 0.3) is 10.8 Å². The van der Waals surface area contributed by atoms with Crippen LogP contribution in [0.4, 0.5) is 0 Å². The van der Waals surface area contributed by atoms with Crippen LogP contribution >= 0.6 is 15.9 Å². The quantitative estimate of drug-likeness (QED) is 0.265. The van der Waals surface area contributed by atoms with Gasteiger partial charge >= 0.3 is 0 Å². The van der Waals surface area contributed by atoms with E-state index in [4.69, 9.17) is 9.84 Å². The van der Waals surface area contributed by atoms with Crippen molar-refractivity contribution in [2.24, 2.45) is 5.10 Å². The van der Waals surface area contributed by atoms with Crippen molar-refractivity contribution >= 4 is 32.4 Å². The fraction of sp³-hybridized carbons (Fsp3) is 0.258. The fourth-order valence-electron chi connectivity index (χ4n) is 6.35. The van der Waals surface area contributed by atoms with Crippen LogP contribution in [-0.2, 0) is 0 Å². The lowest BCUT2D eigenvalue weighted by Gasteiger charge is -2.50. The molecule has 4 aromatic carbocycles. The largest absolute Gasteiger partial charge is 0.466 e. The van der Waals surface area contributed by atoms with Crippen molar-refractivity contribution < 1.29 is 4.74 Å². The highest BCUT2D eigenvalue weighted by Crippen LogP contribution is 2.53. The highest BCUT2D eigenvalue weighted by molar-refractivity contribution is 9.10. The monoisotopic (exact) mass is 522 g/mol. The molecule has 0 aromatic heterocycles. The Balaban J connectivity index is 1.29. The molecule has 0 radical (unpaired) electrons. The van der Waals surface area contributed by atoms with E-state index in [9.17, 15) is 0 Å². The second-order valence-electron chi connectivity index (χ2n) is 10.1. The van der Waals surface area contributed by atoms with Crippen LogP contribution in [0.5, 0.6) is 5.75 Å². The number of hydrogen-bond acceptors (Lipinski definition) is 3. The van der Waals surface area contributed by atoms with Crippen LogP contribution in [0, 0.1) is 0 Å². The number of rotatable bonds is 2. The minimum atomic E-state index is -0.386. The van der Waals surface area contributed by atoms with Crippen molar-refractivity contribution in [3.63, 3.8) is 0 Å². The molecule has 2 aliphatic heterocycles. The van der Waals surface area contributed by atoms with E-state index in [1.807, 2.05) is 0 Å². The zero-order chi connectivity index (χ0) is 23.4. The smallest absolute Gasteiger partial charge is 0.198 e. The highest BCUT2D eigenvalue weighted by atomic mass is 79.9. The number of hydrazone groups is 1. The summed E-state index contributed by atoms with van der Waals surface area (Å²) in [4.78, 5) is 0. The lowest BCUT2D eigenvalue weighted by molar-refractivity contribution is -0.142. The molecule has 1 atom stereocenters. The maximum atomic E-state index is 6.88. The van der Waals surface area contributed by atoms with Crippen LogP contribution in [0.15, 0.2) is 101 Å². The van der Waals surface area contributed by atoms with Gasteiger partial charge in [0.2, 0.25) is 0 Å². The first-order chi connectivity index (χ1) is 17.2. The van der Waals surface area contributed by atoms with Gasteiger partial charge in [-0.3, -0.25) is 0 Å². The number of hydrogen-bond donors (Lipinski definition) is 0. The van der Waals surface area contributed by atoms with Crippen molar-refractivity contribution in [2.45, 2.75) is 49.8 Å². The van der Waals surface area contributed by atoms with E-state index in [-0.39, 0.29) is 11.8 Å². The molecule has 3 nitrogen and oxygen atoms in total. The zero-order valence-electron chi connectivity index (χ0n) is 19.5. The van der Waals surface area contributed by atoms with Gasteiger partial charge in [-0.25, -0.2) is 5.01 Å². The molecule has 0 amide bonds. The third-order valence-electron chi connectivity index (χ3n) is 8.10. The molecule has 4 heteroatoms. The molecule has 7 rings (SSSR count). The Bertz CT molecular complexity index is 1430. The molecule has 1 spiro atoms. The summed E-state index contributed by atoms with van der Waals surface area (Å²) < 4.78 is 7.97. The summed E-state index contributed by atoms with van der Waals surface area (Å²) in [5.41, 5.74) is 4.69. The Labute approximate surface area is 214 Å². The molecular weight excluding hydrogens is 496 g/mol. The van der Waals surface area contributed by atoms with Gasteiger partial charge in [-0.05, 0) is 53.3 Å². The first kappa shape index (κ1) is 21.2. The van der Waals surface area contributed by atoms with Gasteiger partial charge in [-0.15, -0.1) is 0 Å². The Morgan fingerprint density at radius 2 is 1.63 bits per heavy atom. The van der Waals surface area contributed by atoms with Crippen molar-refractivity contribution in [2.75, 3.05) is 0 Å². The maximum Gasteiger partial charge on any atom is 0.198 e. The van der Waals surface area contributed by atoms with Gasteiger partial charge in [0.15, 0.2) is 5.72 Å². The Hall–Kier alpha value is -3.11. The lowest BCUT2D eigenvalue weighted by atomic mass is 9.78. The molecule has 1 aliphatic carbocycles. The number of ether oxygens (including phenoxy) is 1. The van der Waals surface area contributed by atoms with Crippen LogP contribution in [-0.4, -0.2) is 16.4 Å². The number of halogens is 1. The molecule has 4 aromatic rings. The second kappa shape index (κ2) is 8.23. The molecule has 3 aliphatic rings. The van der Waals surface area contributed by atoms with Crippen molar-refractivity contribution in [1.82, 2.24) is 5.01 Å². The average molecular weight is 523 g/mol. The second-order valence-corrected chi connectivity index (χ2v) is 11.0. The molecule has 2 heterocycles. The summed E-state index contributed by atoms with van der Waals surface area (Å²) in [7, 11) is 0. The SMILES string of the molecule is Brc1ccc2c(c1)C1CC(c3cccc4ccccc34)=NN1C1(CCC(c3ccccc3)CC1)O2. The van der Waals surface area contributed by atoms with Gasteiger partial charge in [0, 0.05) is 34.9 Å². The van der Waals surface area contributed by atoms with Crippen LogP contribution in [0.2, 0.25) is 0 Å². The first-order valence-electron chi connectivity index (χ1n) is 12.6. The van der Waals surface area contributed by atoms with Crippen molar-refractivity contribution in [3.05, 3.63) is 112 Å². The molecule has 0 bridgehead atoms. The molecule has 1 fully saturated rings. The van der Waals surface area contributed by atoms with E-state index < -0.39 is 0 Å². The van der Waals surface area contributed by atoms with Crippen LogP contribution in [0.1, 0.15) is 60.8 Å². The average Bonchev–Trinajstić information content (AvgIpc) is 3.37. The topological polar surface area (TPSA) is 24.8 Å². The minimum Gasteiger partial charge on any atom is -0.466 e. The summed E-state index contributed by atoms with van der Waals surface area (Å²) >= 11 is 3.69. The van der Waals surface area contributed by atoms with Gasteiger partial charge in [-0.2, -0.15) is 5.10 Å². The van der Waals surface area contributed by atoms with Crippen LogP contribution < -0.4 is 4.74 Å². The van der Waals surface area contributed by atoms with E-state index in [0.29, 0.717) is 5.92 Å². The van der Waals surface area contributed by atoms with Gasteiger partial charge in [0.25, 0.3) is 0 Å². The Kier molecular flexibility index (Phi) is 4.99. The summed E-state index contributed by atoms with van der Waals surface area (Å²) in [5, 5.41) is 10.2. The van der Waals surface area contributed by atoms with E-state index >= 15 is 0 Å². The van der Waals surface area contributed by atoms with E-state index in [1.165, 1.54) is 27.5 Å². The zero-order valence-corrected chi connectivity index (χ0v) is 21.1. The first-order valence-corrected chi connectivity index (χ1v) is 13.4. The van der Waals surface area contributed by atoms with Gasteiger partial charge < -0.3 is 4.74 Å². The molecule has 0 saturated heterocycles. The van der Waals surface area contributed by atoms with Gasteiger partial charge in [0.1, 0.15) is 5.75 Å². The molecule has 1 unspecified atom stereocenters. The summed E-state index contributed by atoms with van der Waals surface area (Å²) in [6.45, 7) is 0. The number of nitrogens with zero attached hydrogens (tertiary/aromatic N) is 2. The van der Waals surface area contributed by atoms with Gasteiger partial charge in [-0.1, -0.05) is 88.7 Å². The predicted octanol–water partition coefficient (Wildman–Crippen LogP) is 8.20. The number of fused-ring (bicyclic) bond motifs is 5. The maximum absolute atomic E-state index is 6.88. The van der Waals surface area contributed by atoms with Crippen molar-refractivity contribution in [3.8, 4) is 5.75 Å². The third-order valence-corrected chi connectivity index (χ3v) is 8.59. The molecular formula is C31H27BrN2O. The van der Waals surface area contributed by atoms with E-state index in [0.717, 1.165) is 48.0 Å². The molecule has 0 N–H and O–H groups in total. The lowest BCUT2D eigenvalue weighted by Crippen LogP contribution is -2.55. The minimum absolute atomic E-state index is 0.193. The highest BCUT2D eigenvalue weighted by Gasteiger charge is 2.52. The standard InChI is InChI=1S/C31H27BrN2O/c32-24-13-14-30-27(19-24)29-20-28(26-12-6-10-23-9-4-5-11-25(23)26)33-34(29)31(35-30)17-15-22(16-18-31)21-7-2-1-3-8-21/h1-14,19,22,29H,15-18,20H2. The van der Waals surface area contributed by atoms with E-state index in [1.54, 1.807) is 0 Å². The summed E-state index contributed by atoms with van der Waals surface area (Å²) in [6, 6.07) is 32.8. The normalized spacial score (nSPS) is 25.2. The van der Waals surface area contributed by atoms with Crippen molar-refractivity contribution in [1.29, 1.82) is 0 Å².